The van der Waals surface area contributed by atoms with Crippen LogP contribution in [0.3, 0.4) is 0 Å². The minimum Gasteiger partial charge on any atom is -0.320 e. The van der Waals surface area contributed by atoms with Crippen molar-refractivity contribution in [1.29, 1.82) is 0 Å². The third-order valence-electron chi connectivity index (χ3n) is 4.95. The normalized spacial score (nSPS) is 16.5. The number of aryl methyl sites for hydroxylation is 3. The van der Waals surface area contributed by atoms with E-state index in [0.29, 0.717) is 0 Å². The van der Waals surface area contributed by atoms with E-state index in [1.807, 2.05) is 59.9 Å². The van der Waals surface area contributed by atoms with Crippen molar-refractivity contribution in [2.24, 2.45) is 20.0 Å². The van der Waals surface area contributed by atoms with Crippen LogP contribution in [0.25, 0.3) is 11.3 Å². The molecule has 0 radical (unpaired) electrons. The molecular formula is C19H21N5O. The predicted octanol–water partition coefficient (Wildman–Crippen LogP) is 2.56. The molecule has 1 amide bonds. The summed E-state index contributed by atoms with van der Waals surface area (Å²) < 4.78 is 3.74. The van der Waals surface area contributed by atoms with Gasteiger partial charge in [-0.15, -0.1) is 0 Å². The molecule has 0 spiro atoms. The lowest BCUT2D eigenvalue weighted by molar-refractivity contribution is -0.120. The Balaban J connectivity index is 1.56. The van der Waals surface area contributed by atoms with Crippen molar-refractivity contribution in [2.45, 2.75) is 19.3 Å². The van der Waals surface area contributed by atoms with Crippen LogP contribution in [0, 0.1) is 5.92 Å². The van der Waals surface area contributed by atoms with Gasteiger partial charge in [-0.1, -0.05) is 30.3 Å². The molecule has 2 aromatic heterocycles. The number of imidazole rings is 1. The number of nitrogens with one attached hydrogen (secondary N) is 1. The lowest BCUT2D eigenvalue weighted by Crippen LogP contribution is -2.29. The van der Waals surface area contributed by atoms with Crippen molar-refractivity contribution in [2.75, 3.05) is 5.32 Å². The van der Waals surface area contributed by atoms with Crippen LogP contribution >= 0.6 is 0 Å². The van der Waals surface area contributed by atoms with Gasteiger partial charge in [-0.05, 0) is 18.4 Å². The minimum atomic E-state index is -0.0403. The van der Waals surface area contributed by atoms with Crippen LogP contribution in [0.15, 0.2) is 42.9 Å². The van der Waals surface area contributed by atoms with Gasteiger partial charge in [-0.2, -0.15) is 5.10 Å². The zero-order valence-electron chi connectivity index (χ0n) is 14.4. The summed E-state index contributed by atoms with van der Waals surface area (Å²) in [4.78, 5) is 17.3. The second-order valence-electron chi connectivity index (χ2n) is 6.59. The lowest BCUT2D eigenvalue weighted by Gasteiger charge is -2.22. The van der Waals surface area contributed by atoms with Crippen molar-refractivity contribution >= 4 is 11.7 Å². The van der Waals surface area contributed by atoms with Gasteiger partial charge in [0.25, 0.3) is 0 Å². The summed E-state index contributed by atoms with van der Waals surface area (Å²) in [5.74, 6) is 0.751. The summed E-state index contributed by atoms with van der Waals surface area (Å²) >= 11 is 0. The number of hydrogen-bond donors (Lipinski definition) is 1. The van der Waals surface area contributed by atoms with Gasteiger partial charge in [0.2, 0.25) is 5.91 Å². The van der Waals surface area contributed by atoms with Crippen LogP contribution < -0.4 is 5.32 Å². The fourth-order valence-corrected chi connectivity index (χ4v) is 3.47. The van der Waals surface area contributed by atoms with Crippen LogP contribution in [0.4, 0.5) is 5.82 Å². The highest BCUT2D eigenvalue weighted by Crippen LogP contribution is 2.29. The molecule has 1 unspecified atom stereocenters. The molecule has 2 heterocycles. The number of nitrogens with zero attached hydrogens (tertiary/aromatic N) is 4. The smallest absolute Gasteiger partial charge is 0.229 e. The van der Waals surface area contributed by atoms with Crippen LogP contribution in [-0.4, -0.2) is 25.2 Å². The maximum Gasteiger partial charge on any atom is 0.229 e. The highest BCUT2D eigenvalue weighted by Gasteiger charge is 2.28. The molecule has 1 aliphatic carbocycles. The van der Waals surface area contributed by atoms with Crippen molar-refractivity contribution in [1.82, 2.24) is 19.3 Å². The highest BCUT2D eigenvalue weighted by molar-refractivity contribution is 5.95. The van der Waals surface area contributed by atoms with E-state index in [4.69, 9.17) is 0 Å². The largest absolute Gasteiger partial charge is 0.320 e. The van der Waals surface area contributed by atoms with Gasteiger partial charge in [0.15, 0.2) is 0 Å². The molecule has 1 aromatic carbocycles. The molecule has 0 fully saturated rings. The maximum absolute atomic E-state index is 12.9. The average molecular weight is 335 g/mol. The molecule has 0 aliphatic heterocycles. The Labute approximate surface area is 146 Å². The van der Waals surface area contributed by atoms with E-state index < -0.39 is 0 Å². The van der Waals surface area contributed by atoms with E-state index >= 15 is 0 Å². The minimum absolute atomic E-state index is 0.0403. The Kier molecular flexibility index (Phi) is 3.87. The molecule has 0 saturated carbocycles. The third-order valence-corrected chi connectivity index (χ3v) is 4.95. The number of carbonyl (C=O) groups is 1. The molecule has 6 nitrogen and oxygen atoms in total. The molecule has 3 aromatic rings. The first-order valence-corrected chi connectivity index (χ1v) is 8.51. The molecule has 0 saturated heterocycles. The van der Waals surface area contributed by atoms with Gasteiger partial charge in [0.1, 0.15) is 11.5 Å². The second-order valence-corrected chi connectivity index (χ2v) is 6.59. The second kappa shape index (κ2) is 6.20. The Morgan fingerprint density at radius 2 is 2.04 bits per heavy atom. The van der Waals surface area contributed by atoms with Gasteiger partial charge >= 0.3 is 0 Å². The number of hydrogen-bond acceptors (Lipinski definition) is 3. The third kappa shape index (κ3) is 2.84. The van der Waals surface area contributed by atoms with Crippen LogP contribution in [0.1, 0.15) is 17.7 Å². The molecule has 0 bridgehead atoms. The van der Waals surface area contributed by atoms with E-state index in [2.05, 4.69) is 15.4 Å². The van der Waals surface area contributed by atoms with E-state index in [1.54, 1.807) is 6.33 Å². The van der Waals surface area contributed by atoms with E-state index in [1.165, 1.54) is 11.3 Å². The maximum atomic E-state index is 12.9. The number of rotatable bonds is 3. The van der Waals surface area contributed by atoms with E-state index in [0.717, 1.165) is 36.3 Å². The van der Waals surface area contributed by atoms with Crippen molar-refractivity contribution in [3.05, 3.63) is 54.1 Å². The van der Waals surface area contributed by atoms with Gasteiger partial charge < -0.3 is 9.88 Å². The molecule has 1 aliphatic rings. The Morgan fingerprint density at radius 3 is 2.84 bits per heavy atom. The first-order valence-electron chi connectivity index (χ1n) is 8.51. The van der Waals surface area contributed by atoms with Gasteiger partial charge in [-0.25, -0.2) is 4.98 Å². The monoisotopic (exact) mass is 335 g/mol. The number of anilines is 1. The van der Waals surface area contributed by atoms with Crippen molar-refractivity contribution < 1.29 is 4.79 Å². The fourth-order valence-electron chi connectivity index (χ4n) is 3.47. The molecule has 25 heavy (non-hydrogen) atoms. The first kappa shape index (κ1) is 15.6. The zero-order valence-corrected chi connectivity index (χ0v) is 14.4. The van der Waals surface area contributed by atoms with Crippen LogP contribution in [0.5, 0.6) is 0 Å². The van der Waals surface area contributed by atoms with E-state index in [9.17, 15) is 4.79 Å². The summed E-state index contributed by atoms with van der Waals surface area (Å²) in [6.45, 7) is 0. The fraction of sp³-hybridized carbons (Fsp3) is 0.316. The molecule has 128 valence electrons. The van der Waals surface area contributed by atoms with Crippen LogP contribution in [0.2, 0.25) is 0 Å². The summed E-state index contributed by atoms with van der Waals surface area (Å²) in [5, 5.41) is 7.41. The number of carbonyl (C=O) groups excluding carboxylic acids is 1. The first-order chi connectivity index (χ1) is 12.1. The van der Waals surface area contributed by atoms with Crippen molar-refractivity contribution in [3.8, 4) is 11.3 Å². The summed E-state index contributed by atoms with van der Waals surface area (Å²) in [6, 6.07) is 9.92. The quantitative estimate of drug-likeness (QED) is 0.800. The summed E-state index contributed by atoms with van der Waals surface area (Å²) in [6.07, 6.45) is 6.13. The van der Waals surface area contributed by atoms with Crippen molar-refractivity contribution in [3.63, 3.8) is 0 Å². The number of fused-ring (bicyclic) bond motifs is 1. The Morgan fingerprint density at radius 1 is 1.24 bits per heavy atom. The summed E-state index contributed by atoms with van der Waals surface area (Å²) in [7, 11) is 3.84. The number of aromatic nitrogens is 4. The Hall–Kier alpha value is -2.89. The zero-order chi connectivity index (χ0) is 17.4. The molecule has 1 atom stereocenters. The van der Waals surface area contributed by atoms with Gasteiger partial charge in [-0.3, -0.25) is 9.48 Å². The topological polar surface area (TPSA) is 64.7 Å². The average Bonchev–Trinajstić information content (AvgIpc) is 3.19. The molecule has 4 rings (SSSR count). The molecular weight excluding hydrogens is 314 g/mol. The molecule has 1 N–H and O–H groups in total. The summed E-state index contributed by atoms with van der Waals surface area (Å²) in [5.41, 5.74) is 4.22. The highest BCUT2D eigenvalue weighted by atomic mass is 16.2. The van der Waals surface area contributed by atoms with E-state index in [-0.39, 0.29) is 11.8 Å². The number of benzene rings is 1. The molecule has 6 heteroatoms. The predicted molar refractivity (Wildman–Crippen MR) is 96.0 cm³/mol. The SMILES string of the molecule is Cn1cnc(-c2ccccc2)c1NC(=O)C1CCc2cnn(C)c2C1. The number of amides is 1. The standard InChI is InChI=1S/C19H21N5O/c1-23-12-20-17(13-6-4-3-5-7-13)18(23)22-19(25)14-8-9-15-11-21-24(2)16(15)10-14/h3-7,11-12,14H,8-10H2,1-2H3,(H,22,25). The lowest BCUT2D eigenvalue weighted by atomic mass is 9.87. The van der Waals surface area contributed by atoms with Gasteiger partial charge in [0.05, 0.1) is 12.5 Å². The van der Waals surface area contributed by atoms with Gasteiger partial charge in [0, 0.05) is 37.7 Å². The Bertz CT molecular complexity index is 909. The van der Waals surface area contributed by atoms with Crippen LogP contribution in [-0.2, 0) is 31.7 Å².